The number of methoxy groups -OCH3 is 1. The summed E-state index contributed by atoms with van der Waals surface area (Å²) in [5.41, 5.74) is 4.52. The Labute approximate surface area is 215 Å². The van der Waals surface area contributed by atoms with E-state index in [4.69, 9.17) is 15.7 Å². The van der Waals surface area contributed by atoms with Crippen molar-refractivity contribution in [3.05, 3.63) is 111 Å². The van der Waals surface area contributed by atoms with E-state index in [0.29, 0.717) is 59.3 Å². The van der Waals surface area contributed by atoms with Gasteiger partial charge in [-0.25, -0.2) is 9.83 Å². The minimum absolute atomic E-state index is 0.0785. The van der Waals surface area contributed by atoms with Crippen molar-refractivity contribution < 1.29 is 13.9 Å². The molecule has 4 rings (SSSR count). The van der Waals surface area contributed by atoms with Gasteiger partial charge in [0.05, 0.1) is 25.1 Å². The molecule has 0 spiro atoms. The van der Waals surface area contributed by atoms with Gasteiger partial charge in [0, 0.05) is 50.0 Å². The van der Waals surface area contributed by atoms with Gasteiger partial charge in [-0.05, 0) is 49.2 Å². The zero-order valence-electron chi connectivity index (χ0n) is 21.3. The topological polar surface area (TPSA) is 81.9 Å². The van der Waals surface area contributed by atoms with Gasteiger partial charge in [-0.2, -0.15) is 0 Å². The molecule has 0 radical (unpaired) electrons. The zero-order chi connectivity index (χ0) is 26.5. The summed E-state index contributed by atoms with van der Waals surface area (Å²) in [6.07, 6.45) is 3.70. The predicted molar refractivity (Wildman–Crippen MR) is 141 cm³/mol. The number of carbonyl (C=O) groups is 1. The van der Waals surface area contributed by atoms with Crippen molar-refractivity contribution in [3.8, 4) is 17.0 Å². The molecule has 0 aliphatic rings. The molecule has 8 heteroatoms. The molecule has 0 saturated carbocycles. The van der Waals surface area contributed by atoms with E-state index in [1.54, 1.807) is 68.7 Å². The number of aryl methyl sites for hydroxylation is 2. The Bertz CT molecular complexity index is 1540. The lowest BCUT2D eigenvalue weighted by molar-refractivity contribution is 0.0744. The highest BCUT2D eigenvalue weighted by Crippen LogP contribution is 2.30. The van der Waals surface area contributed by atoms with E-state index < -0.39 is 0 Å². The summed E-state index contributed by atoms with van der Waals surface area (Å²) in [6, 6.07) is 14.4. The number of likely N-dealkylation sites (N-methyl/N-ethyl adjacent to an activating group) is 1. The highest BCUT2D eigenvalue weighted by molar-refractivity contribution is 5.94. The van der Waals surface area contributed by atoms with Crippen molar-refractivity contribution in [3.63, 3.8) is 0 Å². The molecular weight excluding hydrogens is 468 g/mol. The second-order valence-corrected chi connectivity index (χ2v) is 8.84. The molecule has 0 N–H and O–H groups in total. The highest BCUT2D eigenvalue weighted by atomic mass is 16.5. The molecule has 0 unspecified atom stereocenters. The third-order valence-electron chi connectivity index (χ3n) is 6.25. The normalized spacial score (nSPS) is 10.8. The van der Waals surface area contributed by atoms with Gasteiger partial charge in [0.2, 0.25) is 5.69 Å². The minimum Gasteiger partial charge on any atom is -0.440 e. The summed E-state index contributed by atoms with van der Waals surface area (Å²) in [7, 11) is 3.36. The monoisotopic (exact) mass is 496 g/mol. The number of rotatable bonds is 8. The zero-order valence-corrected chi connectivity index (χ0v) is 21.3. The first-order chi connectivity index (χ1) is 17.8. The van der Waals surface area contributed by atoms with Crippen LogP contribution in [0.2, 0.25) is 0 Å². The van der Waals surface area contributed by atoms with E-state index in [1.807, 2.05) is 25.1 Å². The molecule has 2 heterocycles. The SMILES string of the molecule is [C-]#[N+]c1ccc(-c2cnc(Cc3cc(C(=O)N(C)CCOC)ccc3C)o2)cc1-n1cccc(C)c1=O. The maximum Gasteiger partial charge on any atom is 0.256 e. The van der Waals surface area contributed by atoms with E-state index >= 15 is 0 Å². The van der Waals surface area contributed by atoms with Crippen LogP contribution in [0.4, 0.5) is 5.69 Å². The second-order valence-electron chi connectivity index (χ2n) is 8.84. The van der Waals surface area contributed by atoms with Gasteiger partial charge in [0.25, 0.3) is 11.5 Å². The van der Waals surface area contributed by atoms with Crippen LogP contribution in [0, 0.1) is 20.4 Å². The molecule has 2 aromatic carbocycles. The largest absolute Gasteiger partial charge is 0.440 e. The molecule has 1 amide bonds. The Morgan fingerprint density at radius 1 is 1.16 bits per heavy atom. The van der Waals surface area contributed by atoms with Gasteiger partial charge >= 0.3 is 0 Å². The quantitative estimate of drug-likeness (QED) is 0.322. The minimum atomic E-state index is -0.180. The summed E-state index contributed by atoms with van der Waals surface area (Å²) in [4.78, 5) is 35.1. The first kappa shape index (κ1) is 25.6. The molecule has 188 valence electrons. The molecule has 8 nitrogen and oxygen atoms in total. The molecular formula is C29H28N4O4. The van der Waals surface area contributed by atoms with Crippen molar-refractivity contribution >= 4 is 11.6 Å². The molecule has 0 bridgehead atoms. The van der Waals surface area contributed by atoms with E-state index in [0.717, 1.165) is 11.1 Å². The van der Waals surface area contributed by atoms with Crippen LogP contribution in [0.5, 0.6) is 0 Å². The van der Waals surface area contributed by atoms with Crippen molar-refractivity contribution in [1.82, 2.24) is 14.5 Å². The molecule has 0 aliphatic carbocycles. The number of benzene rings is 2. The van der Waals surface area contributed by atoms with E-state index in [-0.39, 0.29) is 11.5 Å². The van der Waals surface area contributed by atoms with E-state index in [2.05, 4.69) is 9.83 Å². The number of oxazole rings is 1. The second kappa shape index (κ2) is 11.1. The summed E-state index contributed by atoms with van der Waals surface area (Å²) >= 11 is 0. The number of ether oxygens (including phenoxy) is 1. The summed E-state index contributed by atoms with van der Waals surface area (Å²) in [5, 5.41) is 0. The van der Waals surface area contributed by atoms with E-state index in [1.165, 1.54) is 4.57 Å². The van der Waals surface area contributed by atoms with Gasteiger partial charge in [-0.3, -0.25) is 14.2 Å². The van der Waals surface area contributed by atoms with Gasteiger partial charge in [-0.1, -0.05) is 24.3 Å². The first-order valence-electron chi connectivity index (χ1n) is 11.8. The summed E-state index contributed by atoms with van der Waals surface area (Å²) in [5.74, 6) is 0.946. The molecule has 0 saturated heterocycles. The number of amides is 1. The molecule has 0 fully saturated rings. The highest BCUT2D eigenvalue weighted by Gasteiger charge is 2.16. The molecule has 37 heavy (non-hydrogen) atoms. The van der Waals surface area contributed by atoms with Crippen LogP contribution in [-0.4, -0.2) is 47.7 Å². The van der Waals surface area contributed by atoms with Gasteiger partial charge < -0.3 is 14.1 Å². The van der Waals surface area contributed by atoms with Gasteiger partial charge in [0.1, 0.15) is 0 Å². The van der Waals surface area contributed by atoms with Crippen LogP contribution in [0.25, 0.3) is 21.9 Å². The number of aromatic nitrogens is 2. The van der Waals surface area contributed by atoms with Crippen LogP contribution < -0.4 is 5.56 Å². The van der Waals surface area contributed by atoms with Crippen molar-refractivity contribution in [2.45, 2.75) is 20.3 Å². The fourth-order valence-corrected chi connectivity index (χ4v) is 3.99. The smallest absolute Gasteiger partial charge is 0.256 e. The molecule has 2 aromatic heterocycles. The number of nitrogens with zero attached hydrogens (tertiary/aromatic N) is 4. The number of hydrogen-bond acceptors (Lipinski definition) is 5. The van der Waals surface area contributed by atoms with Gasteiger partial charge in [0.15, 0.2) is 11.7 Å². The first-order valence-corrected chi connectivity index (χ1v) is 11.8. The average Bonchev–Trinajstić information content (AvgIpc) is 3.38. The Balaban J connectivity index is 1.61. The third-order valence-corrected chi connectivity index (χ3v) is 6.25. The van der Waals surface area contributed by atoms with Crippen LogP contribution >= 0.6 is 0 Å². The number of hydrogen-bond donors (Lipinski definition) is 0. The maximum atomic E-state index is 12.8. The average molecular weight is 497 g/mol. The van der Waals surface area contributed by atoms with Crippen molar-refractivity contribution in [1.29, 1.82) is 0 Å². The Morgan fingerprint density at radius 2 is 1.97 bits per heavy atom. The van der Waals surface area contributed by atoms with Crippen LogP contribution in [0.1, 0.15) is 32.9 Å². The number of carbonyl (C=O) groups excluding carboxylic acids is 1. The maximum absolute atomic E-state index is 12.8. The Hall–Kier alpha value is -4.48. The Morgan fingerprint density at radius 3 is 2.73 bits per heavy atom. The summed E-state index contributed by atoms with van der Waals surface area (Å²) < 4.78 is 12.6. The van der Waals surface area contributed by atoms with Crippen molar-refractivity contribution in [2.75, 3.05) is 27.3 Å². The van der Waals surface area contributed by atoms with Crippen LogP contribution in [0.3, 0.4) is 0 Å². The van der Waals surface area contributed by atoms with Crippen LogP contribution in [0.15, 0.2) is 70.1 Å². The lowest BCUT2D eigenvalue weighted by Gasteiger charge is -2.17. The Kier molecular flexibility index (Phi) is 7.66. The standard InChI is InChI=1S/C29H28N4O4/c1-19-8-9-22(29(35)32(4)13-14-36-5)15-23(19)17-27-31-18-26(37-27)21-10-11-24(30-3)25(16-21)33-12-6-7-20(2)28(33)34/h6-12,15-16,18H,13-14,17H2,1-2,4-5H3. The van der Waals surface area contributed by atoms with E-state index in [9.17, 15) is 9.59 Å². The molecule has 0 atom stereocenters. The fraction of sp³-hybridized carbons (Fsp3) is 0.241. The molecule has 0 aliphatic heterocycles. The third kappa shape index (κ3) is 5.52. The lowest BCUT2D eigenvalue weighted by Crippen LogP contribution is -2.30. The molecule has 4 aromatic rings. The van der Waals surface area contributed by atoms with Crippen LogP contribution in [-0.2, 0) is 11.2 Å². The fourth-order valence-electron chi connectivity index (χ4n) is 3.99. The lowest BCUT2D eigenvalue weighted by atomic mass is 10.0. The predicted octanol–water partition coefficient (Wildman–Crippen LogP) is 4.97. The number of pyridine rings is 1. The van der Waals surface area contributed by atoms with Gasteiger partial charge in [-0.15, -0.1) is 0 Å². The van der Waals surface area contributed by atoms with Crippen molar-refractivity contribution in [2.24, 2.45) is 0 Å². The summed E-state index contributed by atoms with van der Waals surface area (Å²) in [6.45, 7) is 12.2.